The predicted molar refractivity (Wildman–Crippen MR) is 146 cm³/mol. The number of nitrogens with zero attached hydrogens (tertiary/aromatic N) is 1. The average Bonchev–Trinajstić information content (AvgIpc) is 2.70. The third-order valence-electron chi connectivity index (χ3n) is 4.96. The molecular weight excluding hydrogens is 735 g/mol. The van der Waals surface area contributed by atoms with E-state index in [-0.39, 0.29) is 12.1 Å². The zero-order valence-corrected chi connectivity index (χ0v) is 24.1. The van der Waals surface area contributed by atoms with Gasteiger partial charge in [-0.1, -0.05) is 12.1 Å². The van der Waals surface area contributed by atoms with E-state index in [1.54, 1.807) is 4.90 Å². The van der Waals surface area contributed by atoms with Crippen LogP contribution in [0.5, 0.6) is 5.75 Å². The van der Waals surface area contributed by atoms with Crippen LogP contribution in [0.4, 0.5) is 4.79 Å². The number of likely N-dealkylation sites (tertiary alicyclic amines) is 1. The van der Waals surface area contributed by atoms with Crippen molar-refractivity contribution in [3.8, 4) is 5.75 Å². The molecule has 5 nitrogen and oxygen atoms in total. The number of halogens is 3. The highest BCUT2D eigenvalue weighted by atomic mass is 127. The van der Waals surface area contributed by atoms with Gasteiger partial charge in [0.15, 0.2) is 0 Å². The molecule has 0 saturated carbocycles. The van der Waals surface area contributed by atoms with Crippen molar-refractivity contribution >= 4 is 79.8 Å². The fourth-order valence-corrected chi connectivity index (χ4v) is 5.73. The number of hydrogen-bond acceptors (Lipinski definition) is 4. The van der Waals surface area contributed by atoms with Crippen LogP contribution in [0.3, 0.4) is 0 Å². The van der Waals surface area contributed by atoms with Crippen LogP contribution < -0.4 is 4.74 Å². The van der Waals surface area contributed by atoms with E-state index in [1.165, 1.54) is 5.56 Å². The smallest absolute Gasteiger partial charge is 0.410 e. The van der Waals surface area contributed by atoms with E-state index < -0.39 is 5.60 Å². The summed E-state index contributed by atoms with van der Waals surface area (Å²) in [5, 5.41) is 0. The lowest BCUT2D eigenvalue weighted by Gasteiger charge is -2.33. The quantitative estimate of drug-likeness (QED) is 0.149. The van der Waals surface area contributed by atoms with Gasteiger partial charge in [0.25, 0.3) is 0 Å². The van der Waals surface area contributed by atoms with Crippen LogP contribution in [0.15, 0.2) is 36.4 Å². The number of hydrogen-bond donors (Lipinski definition) is 0. The molecule has 31 heavy (non-hydrogen) atoms. The fraction of sp³-hybridized carbons (Fsp3) is 0.391. The number of esters is 1. The van der Waals surface area contributed by atoms with Gasteiger partial charge in [-0.05, 0) is 137 Å². The van der Waals surface area contributed by atoms with Crippen LogP contribution in [0.25, 0.3) is 0 Å². The second kappa shape index (κ2) is 10.5. The maximum absolute atomic E-state index is 12.7. The Kier molecular flexibility index (Phi) is 8.50. The van der Waals surface area contributed by atoms with Gasteiger partial charge in [-0.2, -0.15) is 0 Å². The molecule has 166 valence electrons. The van der Waals surface area contributed by atoms with Gasteiger partial charge in [-0.25, -0.2) is 9.59 Å². The zero-order valence-electron chi connectivity index (χ0n) is 17.6. The Bertz CT molecular complexity index is 962. The highest BCUT2D eigenvalue weighted by Gasteiger charge is 2.27. The number of piperidine rings is 1. The normalized spacial score (nSPS) is 15.0. The Labute approximate surface area is 224 Å². The molecule has 2 aromatic carbocycles. The molecule has 0 N–H and O–H groups in total. The second-order valence-corrected chi connectivity index (χ2v) is 11.8. The van der Waals surface area contributed by atoms with E-state index in [1.807, 2.05) is 57.2 Å². The molecule has 0 bridgehead atoms. The first-order valence-electron chi connectivity index (χ1n) is 9.98. The molecule has 0 aromatic heterocycles. The van der Waals surface area contributed by atoms with Gasteiger partial charge in [0.2, 0.25) is 0 Å². The fourth-order valence-electron chi connectivity index (χ4n) is 3.40. The number of benzene rings is 2. The lowest BCUT2D eigenvalue weighted by atomic mass is 9.89. The first kappa shape index (κ1) is 25.0. The average molecular weight is 759 g/mol. The van der Waals surface area contributed by atoms with Crippen LogP contribution >= 0.6 is 67.8 Å². The van der Waals surface area contributed by atoms with E-state index >= 15 is 0 Å². The zero-order chi connectivity index (χ0) is 22.8. The van der Waals surface area contributed by atoms with Crippen LogP contribution in [0.2, 0.25) is 0 Å². The molecular formula is C23H24I3NO4. The Hall–Kier alpha value is -0.630. The summed E-state index contributed by atoms with van der Waals surface area (Å²) in [5.41, 5.74) is 1.32. The topological polar surface area (TPSA) is 55.8 Å². The van der Waals surface area contributed by atoms with Crippen LogP contribution in [-0.2, 0) is 4.74 Å². The summed E-state index contributed by atoms with van der Waals surface area (Å²) in [6, 6.07) is 11.6. The van der Waals surface area contributed by atoms with Crippen molar-refractivity contribution < 1.29 is 19.1 Å². The number of carbonyl (C=O) groups excluding carboxylic acids is 2. The van der Waals surface area contributed by atoms with Gasteiger partial charge in [-0.3, -0.25) is 0 Å². The molecule has 1 amide bonds. The molecule has 3 rings (SSSR count). The second-order valence-electron chi connectivity index (χ2n) is 8.42. The van der Waals surface area contributed by atoms with Gasteiger partial charge in [0.05, 0.1) is 5.56 Å². The predicted octanol–water partition coefficient (Wildman–Crippen LogP) is 6.83. The molecule has 0 unspecified atom stereocenters. The molecule has 1 heterocycles. The van der Waals surface area contributed by atoms with Gasteiger partial charge >= 0.3 is 12.1 Å². The van der Waals surface area contributed by atoms with Crippen molar-refractivity contribution in [1.82, 2.24) is 4.90 Å². The molecule has 1 saturated heterocycles. The molecule has 8 heteroatoms. The van der Waals surface area contributed by atoms with Crippen molar-refractivity contribution in [1.29, 1.82) is 0 Å². The number of ether oxygens (including phenoxy) is 2. The minimum absolute atomic E-state index is 0.243. The lowest BCUT2D eigenvalue weighted by Crippen LogP contribution is -2.41. The van der Waals surface area contributed by atoms with Crippen molar-refractivity contribution in [2.24, 2.45) is 0 Å². The molecule has 1 fully saturated rings. The Morgan fingerprint density at radius 3 is 2.10 bits per heavy atom. The van der Waals surface area contributed by atoms with Gasteiger partial charge in [0, 0.05) is 23.8 Å². The van der Waals surface area contributed by atoms with Crippen molar-refractivity contribution in [3.05, 3.63) is 58.2 Å². The Morgan fingerprint density at radius 1 is 0.935 bits per heavy atom. The summed E-state index contributed by atoms with van der Waals surface area (Å²) in [6.07, 6.45) is 1.53. The maximum atomic E-state index is 12.7. The molecule has 2 aromatic rings. The summed E-state index contributed by atoms with van der Waals surface area (Å²) in [4.78, 5) is 26.7. The molecule has 1 aliphatic heterocycles. The van der Waals surface area contributed by atoms with E-state index in [4.69, 9.17) is 9.47 Å². The van der Waals surface area contributed by atoms with Gasteiger partial charge in [-0.15, -0.1) is 0 Å². The number of rotatable bonds is 3. The monoisotopic (exact) mass is 759 g/mol. The minimum atomic E-state index is -0.477. The standard InChI is InChI=1S/C23H24I3NO4/c1-23(2,3)31-22(29)27-12-10-15(11-13-27)14-4-6-16(7-5-14)30-21(28)19-17(24)8-9-18(25)20(19)26/h4-9,15H,10-13H2,1-3H3. The minimum Gasteiger partial charge on any atom is -0.444 e. The number of carbonyl (C=O) groups is 2. The summed E-state index contributed by atoms with van der Waals surface area (Å²) in [6.45, 7) is 7.00. The molecule has 1 aliphatic rings. The van der Waals surface area contributed by atoms with Crippen LogP contribution in [0.1, 0.15) is 55.5 Å². The molecule has 0 spiro atoms. The molecule has 0 atom stereocenters. The third kappa shape index (κ3) is 6.68. The summed E-state index contributed by atoms with van der Waals surface area (Å²) in [5.74, 6) is 0.567. The van der Waals surface area contributed by atoms with Crippen molar-refractivity contribution in [2.75, 3.05) is 13.1 Å². The van der Waals surface area contributed by atoms with Gasteiger partial charge in [0.1, 0.15) is 11.4 Å². The van der Waals surface area contributed by atoms with E-state index in [0.717, 1.165) is 23.6 Å². The van der Waals surface area contributed by atoms with E-state index in [0.29, 0.717) is 30.3 Å². The maximum Gasteiger partial charge on any atom is 0.410 e. The highest BCUT2D eigenvalue weighted by Crippen LogP contribution is 2.31. The van der Waals surface area contributed by atoms with Gasteiger partial charge < -0.3 is 14.4 Å². The Morgan fingerprint density at radius 2 is 1.52 bits per heavy atom. The van der Waals surface area contributed by atoms with Crippen LogP contribution in [0, 0.1) is 10.7 Å². The SMILES string of the molecule is CC(C)(C)OC(=O)N1CCC(c2ccc(OC(=O)c3c(I)ccc(I)c3I)cc2)CC1. The Balaban J connectivity index is 1.60. The summed E-state index contributed by atoms with van der Waals surface area (Å²) in [7, 11) is 0. The number of amides is 1. The summed E-state index contributed by atoms with van der Waals surface area (Å²) < 4.78 is 13.9. The first-order valence-corrected chi connectivity index (χ1v) is 13.2. The van der Waals surface area contributed by atoms with E-state index in [9.17, 15) is 9.59 Å². The largest absolute Gasteiger partial charge is 0.444 e. The molecule has 0 aliphatic carbocycles. The first-order chi connectivity index (χ1) is 14.5. The summed E-state index contributed by atoms with van der Waals surface area (Å²) >= 11 is 6.57. The molecule has 0 radical (unpaired) electrons. The van der Waals surface area contributed by atoms with Crippen molar-refractivity contribution in [3.63, 3.8) is 0 Å². The van der Waals surface area contributed by atoms with Crippen molar-refractivity contribution in [2.45, 2.75) is 45.1 Å². The lowest BCUT2D eigenvalue weighted by molar-refractivity contribution is 0.0204. The van der Waals surface area contributed by atoms with E-state index in [2.05, 4.69) is 67.8 Å². The third-order valence-corrected chi connectivity index (χ3v) is 8.91. The van der Waals surface area contributed by atoms with Crippen LogP contribution in [-0.4, -0.2) is 35.7 Å². The highest BCUT2D eigenvalue weighted by molar-refractivity contribution is 14.1.